The fraction of sp³-hybridized carbons (Fsp3) is 0.500. The van der Waals surface area contributed by atoms with Crippen LogP contribution in [-0.4, -0.2) is 36.4 Å². The fourth-order valence-corrected chi connectivity index (χ4v) is 4.46. The first kappa shape index (κ1) is 15.8. The van der Waals surface area contributed by atoms with E-state index < -0.39 is 27.3 Å². The van der Waals surface area contributed by atoms with Crippen LogP contribution >= 0.6 is 0 Å². The Morgan fingerprint density at radius 1 is 1.43 bits per heavy atom. The quantitative estimate of drug-likeness (QED) is 0.906. The number of benzene rings is 1. The topological polar surface area (TPSA) is 97.7 Å². The Morgan fingerprint density at radius 3 is 2.76 bits per heavy atom. The first-order valence-electron chi connectivity index (χ1n) is 6.94. The summed E-state index contributed by atoms with van der Waals surface area (Å²) >= 11 is 0. The number of hydrogen-bond donors (Lipinski definition) is 1. The van der Waals surface area contributed by atoms with Crippen LogP contribution in [0.5, 0.6) is 5.75 Å². The molecule has 6 nitrogen and oxygen atoms in total. The van der Waals surface area contributed by atoms with Crippen molar-refractivity contribution in [2.75, 3.05) is 6.54 Å². The van der Waals surface area contributed by atoms with E-state index in [4.69, 9.17) is 5.11 Å². The number of sulfonamides is 1. The molecule has 0 saturated carbocycles. The number of carbonyl (C=O) groups is 1. The van der Waals surface area contributed by atoms with Gasteiger partial charge in [-0.1, -0.05) is 25.2 Å². The van der Waals surface area contributed by atoms with Crippen molar-refractivity contribution in [2.45, 2.75) is 43.5 Å². The summed E-state index contributed by atoms with van der Waals surface area (Å²) in [7, 11) is -3.76. The van der Waals surface area contributed by atoms with E-state index in [1.54, 1.807) is 0 Å². The van der Waals surface area contributed by atoms with Crippen molar-refractivity contribution in [2.24, 2.45) is 0 Å². The summed E-state index contributed by atoms with van der Waals surface area (Å²) in [6.07, 6.45) is 3.30. The maximum Gasteiger partial charge on any atom is 0.335 e. The molecule has 0 bridgehead atoms. The highest BCUT2D eigenvalue weighted by atomic mass is 32.2. The van der Waals surface area contributed by atoms with E-state index in [1.807, 2.05) is 6.92 Å². The molecule has 2 rings (SSSR count). The predicted octanol–water partition coefficient (Wildman–Crippen LogP) is 1.41. The smallest absolute Gasteiger partial charge is 0.335 e. The second-order valence-corrected chi connectivity index (χ2v) is 7.03. The third-order valence-electron chi connectivity index (χ3n) is 3.83. The van der Waals surface area contributed by atoms with Crippen molar-refractivity contribution >= 4 is 16.0 Å². The number of hydrogen-bond acceptors (Lipinski definition) is 4. The van der Waals surface area contributed by atoms with Crippen molar-refractivity contribution < 1.29 is 23.4 Å². The minimum atomic E-state index is -3.76. The lowest BCUT2D eigenvalue weighted by Crippen LogP contribution is -2.43. The Kier molecular flexibility index (Phi) is 4.53. The van der Waals surface area contributed by atoms with Gasteiger partial charge in [-0.3, -0.25) is 0 Å². The van der Waals surface area contributed by atoms with Crippen molar-refractivity contribution in [1.82, 2.24) is 4.31 Å². The van der Waals surface area contributed by atoms with Crippen LogP contribution in [0.3, 0.4) is 0 Å². The Bertz CT molecular complexity index is 641. The second-order valence-electron chi connectivity index (χ2n) is 5.14. The molecule has 1 aromatic rings. The van der Waals surface area contributed by atoms with Crippen LogP contribution < -0.4 is 5.11 Å². The van der Waals surface area contributed by atoms with Gasteiger partial charge >= 0.3 is 5.97 Å². The molecule has 1 heterocycles. The number of carboxylic acids is 1. The van der Waals surface area contributed by atoms with Crippen molar-refractivity contribution in [3.05, 3.63) is 23.8 Å². The Balaban J connectivity index is 2.43. The number of carboxylic acid groups (broad SMARTS) is 1. The third-order valence-corrected chi connectivity index (χ3v) is 5.78. The molecule has 0 amide bonds. The Labute approximate surface area is 124 Å². The Hall–Kier alpha value is -1.60. The molecule has 1 aliphatic rings. The minimum Gasteiger partial charge on any atom is -0.872 e. The maximum atomic E-state index is 12.7. The zero-order valence-corrected chi connectivity index (χ0v) is 12.6. The number of nitrogens with zero attached hydrogens (tertiary/aromatic N) is 1. The van der Waals surface area contributed by atoms with Crippen molar-refractivity contribution in [3.8, 4) is 5.75 Å². The summed E-state index contributed by atoms with van der Waals surface area (Å²) in [5.74, 6) is -2.10. The minimum absolute atomic E-state index is 0.0658. The lowest BCUT2D eigenvalue weighted by atomic mass is 10.0. The van der Waals surface area contributed by atoms with Gasteiger partial charge in [0.15, 0.2) is 0 Å². The monoisotopic (exact) mass is 312 g/mol. The van der Waals surface area contributed by atoms with Gasteiger partial charge in [-0.2, -0.15) is 4.31 Å². The molecule has 1 aromatic carbocycles. The van der Waals surface area contributed by atoms with E-state index in [0.29, 0.717) is 13.0 Å². The molecule has 1 aliphatic heterocycles. The largest absolute Gasteiger partial charge is 0.872 e. The average Bonchev–Trinajstić information content (AvgIpc) is 2.47. The van der Waals surface area contributed by atoms with E-state index in [-0.39, 0.29) is 10.9 Å². The fourth-order valence-electron chi connectivity index (χ4n) is 2.67. The zero-order valence-electron chi connectivity index (χ0n) is 11.8. The summed E-state index contributed by atoms with van der Waals surface area (Å²) in [5.41, 5.74) is -0.513. The molecule has 1 atom stereocenters. The number of rotatable bonds is 4. The van der Waals surface area contributed by atoms with Crippen LogP contribution in [0, 0.1) is 0 Å². The molecule has 1 fully saturated rings. The highest BCUT2D eigenvalue weighted by Crippen LogP contribution is 2.28. The van der Waals surface area contributed by atoms with Gasteiger partial charge in [0.1, 0.15) is 0 Å². The lowest BCUT2D eigenvalue weighted by molar-refractivity contribution is -0.268. The average molecular weight is 312 g/mol. The van der Waals surface area contributed by atoms with Crippen LogP contribution in [0.1, 0.15) is 43.0 Å². The van der Waals surface area contributed by atoms with Gasteiger partial charge in [-0.05, 0) is 31.4 Å². The third kappa shape index (κ3) is 3.03. The van der Waals surface area contributed by atoms with Gasteiger partial charge in [0.25, 0.3) is 0 Å². The summed E-state index contributed by atoms with van der Waals surface area (Å²) in [4.78, 5) is 10.9. The maximum absolute atomic E-state index is 12.7. The molecular formula is C14H18NO5S-. The molecule has 1 N–H and O–H groups in total. The molecule has 0 aliphatic carbocycles. The van der Waals surface area contributed by atoms with Gasteiger partial charge in [0.05, 0.1) is 10.5 Å². The van der Waals surface area contributed by atoms with E-state index in [1.165, 1.54) is 10.4 Å². The molecule has 0 radical (unpaired) electrons. The van der Waals surface area contributed by atoms with E-state index in [9.17, 15) is 18.3 Å². The summed E-state index contributed by atoms with van der Waals surface area (Å²) in [6.45, 7) is 2.37. The van der Waals surface area contributed by atoms with E-state index in [0.717, 1.165) is 31.4 Å². The highest BCUT2D eigenvalue weighted by Gasteiger charge is 2.32. The summed E-state index contributed by atoms with van der Waals surface area (Å²) in [5, 5.41) is 20.4. The van der Waals surface area contributed by atoms with Crippen molar-refractivity contribution in [3.63, 3.8) is 0 Å². The molecule has 0 aromatic heterocycles. The second kappa shape index (κ2) is 6.03. The summed E-state index contributed by atoms with van der Waals surface area (Å²) in [6, 6.07) is 3.08. The summed E-state index contributed by atoms with van der Waals surface area (Å²) < 4.78 is 26.8. The van der Waals surface area contributed by atoms with E-state index in [2.05, 4.69) is 0 Å². The number of piperidine rings is 1. The van der Waals surface area contributed by atoms with E-state index >= 15 is 0 Å². The standard InChI is InChI=1S/C14H19NO5S/c1-2-10-5-3-4-8-15(10)21(19,20)11-6-7-13(16)12(9-11)14(17)18/h6-7,9-10,16H,2-5,8H2,1H3,(H,17,18)/p-1/t10-/m1/s1. The van der Waals surface area contributed by atoms with Gasteiger partial charge < -0.3 is 10.2 Å². The van der Waals surface area contributed by atoms with Crippen molar-refractivity contribution in [1.29, 1.82) is 0 Å². The van der Waals surface area contributed by atoms with Gasteiger partial charge in [-0.25, -0.2) is 13.2 Å². The highest BCUT2D eigenvalue weighted by molar-refractivity contribution is 7.89. The first-order valence-corrected chi connectivity index (χ1v) is 8.38. The van der Waals surface area contributed by atoms with Crippen LogP contribution in [0.2, 0.25) is 0 Å². The molecule has 116 valence electrons. The van der Waals surface area contributed by atoms with Crippen LogP contribution in [0.25, 0.3) is 0 Å². The molecule has 0 spiro atoms. The zero-order chi connectivity index (χ0) is 15.6. The normalized spacial score (nSPS) is 20.3. The molecule has 21 heavy (non-hydrogen) atoms. The molecule has 0 unspecified atom stereocenters. The number of aromatic carboxylic acids is 1. The predicted molar refractivity (Wildman–Crippen MR) is 74.7 cm³/mol. The van der Waals surface area contributed by atoms with Crippen LogP contribution in [-0.2, 0) is 10.0 Å². The van der Waals surface area contributed by atoms with Crippen LogP contribution in [0.4, 0.5) is 0 Å². The lowest BCUT2D eigenvalue weighted by Gasteiger charge is -2.34. The van der Waals surface area contributed by atoms with Gasteiger partial charge in [-0.15, -0.1) is 0 Å². The molecule has 1 saturated heterocycles. The Morgan fingerprint density at radius 2 is 2.14 bits per heavy atom. The van der Waals surface area contributed by atoms with Gasteiger partial charge in [0, 0.05) is 12.6 Å². The van der Waals surface area contributed by atoms with Crippen LogP contribution in [0.15, 0.2) is 23.1 Å². The van der Waals surface area contributed by atoms with Gasteiger partial charge in [0.2, 0.25) is 10.0 Å². The first-order chi connectivity index (χ1) is 9.87. The molecular weight excluding hydrogens is 294 g/mol. The molecule has 7 heteroatoms. The SMILES string of the molecule is CC[C@@H]1CCCCN1S(=O)(=O)c1ccc([O-])c(C(=O)O)c1.